The summed E-state index contributed by atoms with van der Waals surface area (Å²) in [4.78, 5) is 15.3. The van der Waals surface area contributed by atoms with E-state index >= 15 is 0 Å². The van der Waals surface area contributed by atoms with Crippen molar-refractivity contribution in [2.45, 2.75) is 19.3 Å². The summed E-state index contributed by atoms with van der Waals surface area (Å²) in [5, 5.41) is 6.38. The molecule has 0 saturated carbocycles. The van der Waals surface area contributed by atoms with Gasteiger partial charge < -0.3 is 8.83 Å². The van der Waals surface area contributed by atoms with E-state index in [1.54, 1.807) is 0 Å². The molecule has 3 heterocycles. The lowest BCUT2D eigenvalue weighted by molar-refractivity contribution is 0.660. The molecule has 0 fully saturated rings. The molecule has 5 nitrogen and oxygen atoms in total. The summed E-state index contributed by atoms with van der Waals surface area (Å²) in [6.45, 7) is 4.65. The van der Waals surface area contributed by atoms with Gasteiger partial charge in [0.1, 0.15) is 22.3 Å². The Hall–Kier alpha value is -7.37. The Morgan fingerprint density at radius 1 is 0.368 bits per heavy atom. The molecule has 0 spiro atoms. The Kier molecular flexibility index (Phi) is 6.62. The molecule has 11 aromatic rings. The van der Waals surface area contributed by atoms with Crippen LogP contribution in [0.3, 0.4) is 0 Å². The molecule has 0 saturated heterocycles. The topological polar surface area (TPSA) is 65.0 Å². The first-order valence-corrected chi connectivity index (χ1v) is 19.3. The third-order valence-electron chi connectivity index (χ3n) is 11.9. The van der Waals surface area contributed by atoms with Crippen LogP contribution in [0, 0.1) is 0 Å². The molecule has 5 heteroatoms. The number of aromatic nitrogens is 3. The normalized spacial score (nSPS) is 13.2. The van der Waals surface area contributed by atoms with Gasteiger partial charge in [0.2, 0.25) is 0 Å². The maximum atomic E-state index is 6.69. The van der Waals surface area contributed by atoms with Gasteiger partial charge in [-0.1, -0.05) is 129 Å². The largest absolute Gasteiger partial charge is 0.455 e. The molecular formula is C52H33N3O2. The van der Waals surface area contributed by atoms with Crippen LogP contribution in [0.2, 0.25) is 0 Å². The average molecular weight is 732 g/mol. The van der Waals surface area contributed by atoms with Crippen molar-refractivity contribution in [3.63, 3.8) is 0 Å². The quantitative estimate of drug-likeness (QED) is 0.180. The third-order valence-corrected chi connectivity index (χ3v) is 11.9. The van der Waals surface area contributed by atoms with E-state index in [9.17, 15) is 0 Å². The fourth-order valence-corrected chi connectivity index (χ4v) is 9.02. The zero-order valence-electron chi connectivity index (χ0n) is 31.2. The summed E-state index contributed by atoms with van der Waals surface area (Å²) < 4.78 is 13.1. The molecule has 1 aliphatic carbocycles. The Morgan fingerprint density at radius 3 is 1.82 bits per heavy atom. The predicted molar refractivity (Wildman–Crippen MR) is 231 cm³/mol. The van der Waals surface area contributed by atoms with Gasteiger partial charge in [0, 0.05) is 43.5 Å². The minimum atomic E-state index is -0.0712. The van der Waals surface area contributed by atoms with E-state index < -0.39 is 0 Å². The number of para-hydroxylation sites is 1. The summed E-state index contributed by atoms with van der Waals surface area (Å²) in [7, 11) is 0. The second-order valence-corrected chi connectivity index (χ2v) is 15.6. The first-order chi connectivity index (χ1) is 28.0. The standard InChI is InChI=1S/C52H33N3O2/c1-52(2)43-18-9-8-15-36(43)37-23-20-33(29-44(37)52)32-21-25-45-41(27-32)38-16-10-17-40(48(38)57-45)51-54-49(31-12-4-3-5-13-31)53-50(55-51)34-22-26-46-42(28-34)39-24-19-30-11-6-7-14-35(30)47(39)56-46/h3-29H,1-2H3. The molecule has 57 heavy (non-hydrogen) atoms. The van der Waals surface area contributed by atoms with Crippen molar-refractivity contribution in [1.82, 2.24) is 15.0 Å². The molecule has 12 rings (SSSR count). The summed E-state index contributed by atoms with van der Waals surface area (Å²) in [6, 6.07) is 57.3. The van der Waals surface area contributed by atoms with E-state index in [0.717, 1.165) is 76.9 Å². The molecule has 1 aliphatic rings. The van der Waals surface area contributed by atoms with Gasteiger partial charge in [-0.25, -0.2) is 15.0 Å². The zero-order chi connectivity index (χ0) is 37.8. The van der Waals surface area contributed by atoms with Gasteiger partial charge in [-0.05, 0) is 87.3 Å². The van der Waals surface area contributed by atoms with Crippen LogP contribution in [0.25, 0.3) is 111 Å². The minimum Gasteiger partial charge on any atom is -0.455 e. The molecule has 0 atom stereocenters. The highest BCUT2D eigenvalue weighted by Gasteiger charge is 2.35. The van der Waals surface area contributed by atoms with Gasteiger partial charge in [0.15, 0.2) is 17.5 Å². The number of nitrogens with zero attached hydrogens (tertiary/aromatic N) is 3. The van der Waals surface area contributed by atoms with E-state index in [-0.39, 0.29) is 5.41 Å². The summed E-state index contributed by atoms with van der Waals surface area (Å²) in [6.07, 6.45) is 0. The van der Waals surface area contributed by atoms with Crippen LogP contribution >= 0.6 is 0 Å². The molecule has 268 valence electrons. The second kappa shape index (κ2) is 11.8. The van der Waals surface area contributed by atoms with Crippen LogP contribution in [0.5, 0.6) is 0 Å². The first kappa shape index (κ1) is 31.9. The van der Waals surface area contributed by atoms with Crippen molar-refractivity contribution in [2.24, 2.45) is 0 Å². The van der Waals surface area contributed by atoms with Crippen molar-refractivity contribution in [2.75, 3.05) is 0 Å². The van der Waals surface area contributed by atoms with Gasteiger partial charge >= 0.3 is 0 Å². The van der Waals surface area contributed by atoms with Crippen LogP contribution < -0.4 is 0 Å². The second-order valence-electron chi connectivity index (χ2n) is 15.6. The zero-order valence-corrected chi connectivity index (χ0v) is 31.2. The fraction of sp³-hybridized carbons (Fsp3) is 0.0577. The Balaban J connectivity index is 1.000. The van der Waals surface area contributed by atoms with E-state index in [0.29, 0.717) is 17.5 Å². The number of hydrogen-bond donors (Lipinski definition) is 0. The van der Waals surface area contributed by atoms with Gasteiger partial charge in [-0.3, -0.25) is 0 Å². The highest BCUT2D eigenvalue weighted by Crippen LogP contribution is 2.50. The lowest BCUT2D eigenvalue weighted by Gasteiger charge is -2.22. The van der Waals surface area contributed by atoms with Gasteiger partial charge in [-0.15, -0.1) is 0 Å². The summed E-state index contributed by atoms with van der Waals surface area (Å²) >= 11 is 0. The van der Waals surface area contributed by atoms with Gasteiger partial charge in [-0.2, -0.15) is 0 Å². The van der Waals surface area contributed by atoms with Crippen molar-refractivity contribution in [1.29, 1.82) is 0 Å². The van der Waals surface area contributed by atoms with E-state index in [2.05, 4.69) is 123 Å². The number of benzene rings is 8. The molecule has 0 amide bonds. The van der Waals surface area contributed by atoms with Crippen molar-refractivity contribution >= 4 is 54.6 Å². The molecule has 0 bridgehead atoms. The lowest BCUT2D eigenvalue weighted by atomic mass is 9.81. The summed E-state index contributed by atoms with van der Waals surface area (Å²) in [5.74, 6) is 1.72. The van der Waals surface area contributed by atoms with Crippen LogP contribution in [-0.2, 0) is 5.41 Å². The fourth-order valence-electron chi connectivity index (χ4n) is 9.02. The highest BCUT2D eigenvalue weighted by atomic mass is 16.3. The highest BCUT2D eigenvalue weighted by molar-refractivity contribution is 6.15. The molecule has 0 radical (unpaired) electrons. The van der Waals surface area contributed by atoms with E-state index in [1.165, 1.54) is 27.8 Å². The molecule has 0 aliphatic heterocycles. The average Bonchev–Trinajstić information content (AvgIpc) is 3.91. The van der Waals surface area contributed by atoms with E-state index in [4.69, 9.17) is 23.8 Å². The van der Waals surface area contributed by atoms with Gasteiger partial charge in [0.05, 0.1) is 5.56 Å². The smallest absolute Gasteiger partial charge is 0.167 e. The number of fused-ring (bicyclic) bond motifs is 11. The Labute approximate surface area is 327 Å². The van der Waals surface area contributed by atoms with Crippen LogP contribution in [0.15, 0.2) is 173 Å². The number of rotatable bonds is 4. The molecule has 0 unspecified atom stereocenters. The third kappa shape index (κ3) is 4.79. The number of hydrogen-bond acceptors (Lipinski definition) is 5. The minimum absolute atomic E-state index is 0.0712. The van der Waals surface area contributed by atoms with Crippen molar-refractivity contribution in [3.8, 4) is 56.4 Å². The van der Waals surface area contributed by atoms with E-state index in [1.807, 2.05) is 54.6 Å². The molecule has 3 aromatic heterocycles. The monoisotopic (exact) mass is 731 g/mol. The van der Waals surface area contributed by atoms with Crippen LogP contribution in [0.1, 0.15) is 25.0 Å². The number of furan rings is 2. The molecule has 0 N–H and O–H groups in total. The molecular weight excluding hydrogens is 699 g/mol. The van der Waals surface area contributed by atoms with Gasteiger partial charge in [0.25, 0.3) is 0 Å². The predicted octanol–water partition coefficient (Wildman–Crippen LogP) is 13.8. The Morgan fingerprint density at radius 2 is 0.965 bits per heavy atom. The SMILES string of the molecule is CC1(C)c2ccccc2-c2ccc(-c3ccc4oc5c(-c6nc(-c7ccccc7)nc(-c7ccc8oc9c%10ccccc%10ccc9c8c7)n6)cccc5c4c3)cc21. The van der Waals surface area contributed by atoms with Crippen molar-refractivity contribution < 1.29 is 8.83 Å². The first-order valence-electron chi connectivity index (χ1n) is 19.3. The van der Waals surface area contributed by atoms with Crippen LogP contribution in [-0.4, -0.2) is 15.0 Å². The summed E-state index contributed by atoms with van der Waals surface area (Å²) in [5.41, 5.74) is 13.5. The Bertz CT molecular complexity index is 3450. The van der Waals surface area contributed by atoms with Crippen molar-refractivity contribution in [3.05, 3.63) is 175 Å². The molecule has 8 aromatic carbocycles. The maximum absolute atomic E-state index is 6.69. The van der Waals surface area contributed by atoms with Crippen LogP contribution in [0.4, 0.5) is 0 Å². The maximum Gasteiger partial charge on any atom is 0.167 e. The lowest BCUT2D eigenvalue weighted by Crippen LogP contribution is -2.14.